The zero-order chi connectivity index (χ0) is 15.2. The molecule has 3 heteroatoms. The highest BCUT2D eigenvalue weighted by molar-refractivity contribution is 5.73. The van der Waals surface area contributed by atoms with Gasteiger partial charge in [-0.1, -0.05) is 72.1 Å². The summed E-state index contributed by atoms with van der Waals surface area (Å²) in [6, 6.07) is -0.371. The summed E-state index contributed by atoms with van der Waals surface area (Å²) >= 11 is 0. The first-order valence-corrected chi connectivity index (χ1v) is 8.54. The van der Waals surface area contributed by atoms with E-state index >= 15 is 0 Å². The first-order valence-electron chi connectivity index (χ1n) is 8.54. The van der Waals surface area contributed by atoms with E-state index < -0.39 is 5.97 Å². The Balaban J connectivity index is 3.39. The Labute approximate surface area is 125 Å². The number of hydrogen-bond donors (Lipinski definition) is 2. The van der Waals surface area contributed by atoms with Crippen molar-refractivity contribution in [3.63, 3.8) is 0 Å². The van der Waals surface area contributed by atoms with E-state index in [4.69, 9.17) is 5.11 Å². The first-order chi connectivity index (χ1) is 9.57. The zero-order valence-electron chi connectivity index (χ0n) is 13.8. The molecule has 0 spiro atoms. The van der Waals surface area contributed by atoms with Crippen molar-refractivity contribution in [3.05, 3.63) is 0 Å². The molecule has 0 aromatic rings. The second kappa shape index (κ2) is 13.4. The summed E-state index contributed by atoms with van der Waals surface area (Å²) in [5, 5.41) is 12.3. The van der Waals surface area contributed by atoms with Crippen LogP contribution < -0.4 is 5.32 Å². The smallest absolute Gasteiger partial charge is 0.320 e. The monoisotopic (exact) mass is 285 g/mol. The predicted molar refractivity (Wildman–Crippen MR) is 86.1 cm³/mol. The van der Waals surface area contributed by atoms with E-state index in [1.807, 2.05) is 0 Å². The largest absolute Gasteiger partial charge is 0.480 e. The van der Waals surface area contributed by atoms with Crippen molar-refractivity contribution in [2.45, 2.75) is 91.0 Å². The van der Waals surface area contributed by atoms with E-state index in [-0.39, 0.29) is 6.04 Å². The SMILES string of the molecule is CCCCCCCCCCCN[C@H](CC(C)C)C(=O)O. The Morgan fingerprint density at radius 2 is 1.45 bits per heavy atom. The van der Waals surface area contributed by atoms with Crippen molar-refractivity contribution in [2.75, 3.05) is 6.54 Å². The third kappa shape index (κ3) is 12.5. The fourth-order valence-corrected chi connectivity index (χ4v) is 2.45. The number of carboxylic acid groups (broad SMARTS) is 1. The highest BCUT2D eigenvalue weighted by Crippen LogP contribution is 2.10. The van der Waals surface area contributed by atoms with Crippen LogP contribution in [0.25, 0.3) is 0 Å². The fraction of sp³-hybridized carbons (Fsp3) is 0.941. The maximum absolute atomic E-state index is 11.1. The lowest BCUT2D eigenvalue weighted by atomic mass is 10.0. The van der Waals surface area contributed by atoms with Crippen LogP contribution in [0.4, 0.5) is 0 Å². The van der Waals surface area contributed by atoms with Gasteiger partial charge in [0, 0.05) is 0 Å². The number of rotatable bonds is 14. The van der Waals surface area contributed by atoms with Gasteiger partial charge in [0.05, 0.1) is 0 Å². The van der Waals surface area contributed by atoms with Gasteiger partial charge in [0.2, 0.25) is 0 Å². The van der Waals surface area contributed by atoms with Crippen molar-refractivity contribution in [1.29, 1.82) is 0 Å². The van der Waals surface area contributed by atoms with Crippen molar-refractivity contribution >= 4 is 5.97 Å². The Bertz CT molecular complexity index is 229. The molecule has 0 rings (SSSR count). The van der Waals surface area contributed by atoms with Crippen LogP contribution in [0.5, 0.6) is 0 Å². The van der Waals surface area contributed by atoms with Crippen molar-refractivity contribution in [2.24, 2.45) is 5.92 Å². The van der Waals surface area contributed by atoms with Gasteiger partial charge in [-0.25, -0.2) is 0 Å². The van der Waals surface area contributed by atoms with E-state index in [0.717, 1.165) is 13.0 Å². The average Bonchev–Trinajstić information content (AvgIpc) is 2.39. The van der Waals surface area contributed by atoms with Crippen molar-refractivity contribution < 1.29 is 9.90 Å². The van der Waals surface area contributed by atoms with Gasteiger partial charge in [0.15, 0.2) is 0 Å². The standard InChI is InChI=1S/C17H35NO2/c1-4-5-6-7-8-9-10-11-12-13-18-16(17(19)20)14-15(2)3/h15-16,18H,4-14H2,1-3H3,(H,19,20)/t16-/m1/s1. The summed E-state index contributed by atoms with van der Waals surface area (Å²) in [6.07, 6.45) is 12.4. The molecule has 0 heterocycles. The minimum absolute atomic E-state index is 0.371. The van der Waals surface area contributed by atoms with Crippen LogP contribution in [-0.2, 0) is 4.79 Å². The molecule has 20 heavy (non-hydrogen) atoms. The molecular formula is C17H35NO2. The van der Waals surface area contributed by atoms with Gasteiger partial charge in [-0.3, -0.25) is 4.79 Å². The molecule has 0 fully saturated rings. The lowest BCUT2D eigenvalue weighted by Gasteiger charge is -2.16. The number of aliphatic carboxylic acids is 1. The van der Waals surface area contributed by atoms with Crippen molar-refractivity contribution in [3.8, 4) is 0 Å². The first kappa shape index (κ1) is 19.4. The van der Waals surface area contributed by atoms with Crippen LogP contribution in [0, 0.1) is 5.92 Å². The topological polar surface area (TPSA) is 49.3 Å². The molecule has 1 atom stereocenters. The molecule has 0 unspecified atom stereocenters. The van der Waals surface area contributed by atoms with E-state index in [2.05, 4.69) is 26.1 Å². The van der Waals surface area contributed by atoms with Gasteiger partial charge in [-0.05, 0) is 25.3 Å². The molecule has 0 aliphatic rings. The Morgan fingerprint density at radius 1 is 0.950 bits per heavy atom. The molecule has 0 radical (unpaired) electrons. The van der Waals surface area contributed by atoms with Gasteiger partial charge in [-0.15, -0.1) is 0 Å². The van der Waals surface area contributed by atoms with Gasteiger partial charge in [-0.2, -0.15) is 0 Å². The van der Waals surface area contributed by atoms with E-state index in [0.29, 0.717) is 12.3 Å². The molecule has 0 amide bonds. The molecule has 0 saturated carbocycles. The average molecular weight is 285 g/mol. The minimum Gasteiger partial charge on any atom is -0.480 e. The van der Waals surface area contributed by atoms with Gasteiger partial charge in [0.1, 0.15) is 6.04 Å². The summed E-state index contributed by atoms with van der Waals surface area (Å²) in [6.45, 7) is 7.21. The van der Waals surface area contributed by atoms with Gasteiger partial charge < -0.3 is 10.4 Å². The Hall–Kier alpha value is -0.570. The Morgan fingerprint density at radius 3 is 1.90 bits per heavy atom. The Kier molecular flexibility index (Phi) is 13.0. The molecular weight excluding hydrogens is 250 g/mol. The fourth-order valence-electron chi connectivity index (χ4n) is 2.45. The third-order valence-corrected chi connectivity index (χ3v) is 3.68. The van der Waals surface area contributed by atoms with E-state index in [9.17, 15) is 4.79 Å². The van der Waals surface area contributed by atoms with Crippen molar-refractivity contribution in [1.82, 2.24) is 5.32 Å². The summed E-state index contributed by atoms with van der Waals surface area (Å²) in [4.78, 5) is 11.1. The number of carboxylic acids is 1. The van der Waals surface area contributed by atoms with Crippen LogP contribution in [-0.4, -0.2) is 23.7 Å². The highest BCUT2D eigenvalue weighted by atomic mass is 16.4. The predicted octanol–water partition coefficient (Wildman–Crippen LogP) is 4.61. The molecule has 0 saturated heterocycles. The zero-order valence-corrected chi connectivity index (χ0v) is 13.8. The quantitative estimate of drug-likeness (QED) is 0.458. The molecule has 0 aliphatic heterocycles. The van der Waals surface area contributed by atoms with Crippen LogP contribution >= 0.6 is 0 Å². The number of carbonyl (C=O) groups is 1. The normalized spacial score (nSPS) is 12.8. The minimum atomic E-state index is -0.713. The summed E-state index contributed by atoms with van der Waals surface area (Å²) in [7, 11) is 0. The number of unbranched alkanes of at least 4 members (excludes halogenated alkanes) is 8. The van der Waals surface area contributed by atoms with E-state index in [1.165, 1.54) is 51.4 Å². The molecule has 0 aromatic heterocycles. The second-order valence-corrected chi connectivity index (χ2v) is 6.30. The molecule has 2 N–H and O–H groups in total. The van der Waals surface area contributed by atoms with Crippen LogP contribution in [0.1, 0.15) is 85.0 Å². The summed E-state index contributed by atoms with van der Waals surface area (Å²) in [5.41, 5.74) is 0. The molecule has 120 valence electrons. The number of hydrogen-bond acceptors (Lipinski definition) is 2. The lowest BCUT2D eigenvalue weighted by molar-refractivity contribution is -0.139. The summed E-state index contributed by atoms with van der Waals surface area (Å²) < 4.78 is 0. The van der Waals surface area contributed by atoms with Crippen LogP contribution in [0.3, 0.4) is 0 Å². The molecule has 3 nitrogen and oxygen atoms in total. The number of nitrogens with one attached hydrogen (secondary N) is 1. The molecule has 0 aromatic carbocycles. The molecule has 0 bridgehead atoms. The van der Waals surface area contributed by atoms with Crippen LogP contribution in [0.2, 0.25) is 0 Å². The summed E-state index contributed by atoms with van der Waals surface area (Å²) in [5.74, 6) is -0.290. The van der Waals surface area contributed by atoms with Crippen LogP contribution in [0.15, 0.2) is 0 Å². The maximum atomic E-state index is 11.1. The molecule has 0 aliphatic carbocycles. The lowest BCUT2D eigenvalue weighted by Crippen LogP contribution is -2.38. The second-order valence-electron chi connectivity index (χ2n) is 6.30. The van der Waals surface area contributed by atoms with Gasteiger partial charge in [0.25, 0.3) is 0 Å². The van der Waals surface area contributed by atoms with E-state index in [1.54, 1.807) is 0 Å². The maximum Gasteiger partial charge on any atom is 0.320 e. The highest BCUT2D eigenvalue weighted by Gasteiger charge is 2.17. The third-order valence-electron chi connectivity index (χ3n) is 3.68. The van der Waals surface area contributed by atoms with Gasteiger partial charge >= 0.3 is 5.97 Å².